The third-order valence-electron chi connectivity index (χ3n) is 4.92. The van der Waals surface area contributed by atoms with Crippen molar-refractivity contribution in [2.75, 3.05) is 5.01 Å². The molecule has 162 valence electrons. The maximum atomic E-state index is 13.0. The summed E-state index contributed by atoms with van der Waals surface area (Å²) >= 11 is 0. The van der Waals surface area contributed by atoms with E-state index in [0.717, 1.165) is 28.3 Å². The highest BCUT2D eigenvalue weighted by atomic mass is 19.4. The van der Waals surface area contributed by atoms with E-state index in [2.05, 4.69) is 5.10 Å². The van der Waals surface area contributed by atoms with Crippen molar-refractivity contribution in [3.05, 3.63) is 101 Å². The van der Waals surface area contributed by atoms with Gasteiger partial charge in [0, 0.05) is 0 Å². The smallest absolute Gasteiger partial charge is 0.416 e. The van der Waals surface area contributed by atoms with E-state index >= 15 is 0 Å². The molecule has 0 N–H and O–H groups in total. The molecule has 1 heterocycles. The van der Waals surface area contributed by atoms with Crippen LogP contribution in [0.4, 0.5) is 18.9 Å². The predicted molar refractivity (Wildman–Crippen MR) is 117 cm³/mol. The van der Waals surface area contributed by atoms with Crippen molar-refractivity contribution in [1.29, 1.82) is 0 Å². The van der Waals surface area contributed by atoms with Crippen LogP contribution in [-0.4, -0.2) is 11.6 Å². The molecule has 0 saturated heterocycles. The second-order valence-corrected chi connectivity index (χ2v) is 7.25. The summed E-state index contributed by atoms with van der Waals surface area (Å²) in [6.07, 6.45) is -2.84. The summed E-state index contributed by atoms with van der Waals surface area (Å²) in [5.41, 5.74) is 1.78. The van der Waals surface area contributed by atoms with Gasteiger partial charge in [-0.15, -0.1) is 0 Å². The Morgan fingerprint density at radius 3 is 2.38 bits per heavy atom. The summed E-state index contributed by atoms with van der Waals surface area (Å²) in [4.78, 5) is 12.8. The van der Waals surface area contributed by atoms with Crippen LogP contribution < -0.4 is 9.75 Å². The lowest BCUT2D eigenvalue weighted by molar-refractivity contribution is -0.137. The van der Waals surface area contributed by atoms with E-state index in [1.165, 1.54) is 12.1 Å². The van der Waals surface area contributed by atoms with Crippen LogP contribution in [0.3, 0.4) is 0 Å². The lowest BCUT2D eigenvalue weighted by Gasteiger charge is -2.14. The number of carbonyl (C=O) groups is 1. The molecule has 0 atom stereocenters. The fourth-order valence-electron chi connectivity index (χ4n) is 3.24. The fraction of sp³-hybridized carbons (Fsp3) is 0.120. The van der Waals surface area contributed by atoms with Crippen molar-refractivity contribution >= 4 is 23.4 Å². The number of anilines is 1. The quantitative estimate of drug-likeness (QED) is 0.454. The number of ether oxygens (including phenoxy) is 1. The Hall–Kier alpha value is -3.87. The van der Waals surface area contributed by atoms with Crippen molar-refractivity contribution in [3.8, 4) is 5.75 Å². The van der Waals surface area contributed by atoms with Gasteiger partial charge in [0.05, 0.1) is 22.5 Å². The van der Waals surface area contributed by atoms with Crippen LogP contribution in [0.15, 0.2) is 89.5 Å². The highest BCUT2D eigenvalue weighted by Gasteiger charge is 2.33. The lowest BCUT2D eigenvalue weighted by Crippen LogP contribution is -2.21. The fourth-order valence-corrected chi connectivity index (χ4v) is 3.24. The third kappa shape index (κ3) is 4.72. The van der Waals surface area contributed by atoms with Gasteiger partial charge < -0.3 is 4.74 Å². The molecule has 0 radical (unpaired) electrons. The van der Waals surface area contributed by atoms with Gasteiger partial charge in [-0.3, -0.25) is 4.79 Å². The summed E-state index contributed by atoms with van der Waals surface area (Å²) in [7, 11) is 0. The first kappa shape index (κ1) is 21.4. The minimum Gasteiger partial charge on any atom is -0.489 e. The maximum absolute atomic E-state index is 13.0. The summed E-state index contributed by atoms with van der Waals surface area (Å²) in [5, 5.41) is 5.15. The molecule has 0 bridgehead atoms. The summed E-state index contributed by atoms with van der Waals surface area (Å²) in [6, 6.07) is 21.5. The van der Waals surface area contributed by atoms with E-state index < -0.39 is 17.6 Å². The largest absolute Gasteiger partial charge is 0.489 e. The van der Waals surface area contributed by atoms with Crippen LogP contribution in [0.25, 0.3) is 6.08 Å². The van der Waals surface area contributed by atoms with E-state index in [4.69, 9.17) is 4.74 Å². The first-order valence-electron chi connectivity index (χ1n) is 9.87. The Kier molecular flexibility index (Phi) is 5.81. The Morgan fingerprint density at radius 2 is 1.69 bits per heavy atom. The van der Waals surface area contributed by atoms with E-state index in [9.17, 15) is 18.0 Å². The van der Waals surface area contributed by atoms with E-state index in [0.29, 0.717) is 23.6 Å². The Morgan fingerprint density at radius 1 is 0.969 bits per heavy atom. The van der Waals surface area contributed by atoms with Gasteiger partial charge in [0.1, 0.15) is 12.4 Å². The number of hydrogen-bond acceptors (Lipinski definition) is 3. The lowest BCUT2D eigenvalue weighted by atomic mass is 10.1. The summed E-state index contributed by atoms with van der Waals surface area (Å²) < 4.78 is 44.8. The zero-order chi connectivity index (χ0) is 22.7. The van der Waals surface area contributed by atoms with Gasteiger partial charge in [0.25, 0.3) is 5.91 Å². The molecular formula is C25H19F3N2O2. The van der Waals surface area contributed by atoms with Gasteiger partial charge in [-0.25, -0.2) is 0 Å². The number of nitrogens with zero attached hydrogens (tertiary/aromatic N) is 2. The van der Waals surface area contributed by atoms with Crippen LogP contribution >= 0.6 is 0 Å². The summed E-state index contributed by atoms with van der Waals surface area (Å²) in [5.74, 6) is 0.205. The molecule has 4 nitrogen and oxygen atoms in total. The number of amides is 1. The second-order valence-electron chi connectivity index (χ2n) is 7.25. The highest BCUT2D eigenvalue weighted by molar-refractivity contribution is 6.32. The van der Waals surface area contributed by atoms with Crippen molar-refractivity contribution in [2.24, 2.45) is 5.10 Å². The number of halogens is 3. The number of rotatable bonds is 5. The van der Waals surface area contributed by atoms with Gasteiger partial charge >= 0.3 is 6.18 Å². The van der Waals surface area contributed by atoms with E-state index in [-0.39, 0.29) is 5.69 Å². The highest BCUT2D eigenvalue weighted by Crippen LogP contribution is 2.33. The van der Waals surface area contributed by atoms with Crippen LogP contribution in [-0.2, 0) is 17.6 Å². The molecule has 0 saturated carbocycles. The molecule has 3 aromatic carbocycles. The standard InChI is InChI=1S/C25H19F3N2O2/c1-17-23(24(31)30(29-17)21-9-5-8-20(15-21)25(26,27)28)14-18-10-12-22(13-11-18)32-16-19-6-3-2-4-7-19/h2-15H,16H2,1H3/b23-14-. The molecule has 0 aromatic heterocycles. The van der Waals surface area contributed by atoms with Crippen molar-refractivity contribution in [3.63, 3.8) is 0 Å². The molecule has 0 aliphatic carbocycles. The van der Waals surface area contributed by atoms with Gasteiger partial charge in [-0.2, -0.15) is 23.3 Å². The second kappa shape index (κ2) is 8.70. The van der Waals surface area contributed by atoms with Gasteiger partial charge in [-0.1, -0.05) is 48.5 Å². The number of hydrazone groups is 1. The minimum absolute atomic E-state index is 0.0669. The first-order chi connectivity index (χ1) is 15.3. The van der Waals surface area contributed by atoms with Crippen LogP contribution in [0.5, 0.6) is 5.75 Å². The van der Waals surface area contributed by atoms with E-state index in [1.54, 1.807) is 37.3 Å². The van der Waals surface area contributed by atoms with Gasteiger partial charge in [0.15, 0.2) is 0 Å². The minimum atomic E-state index is -4.50. The molecule has 1 amide bonds. The topological polar surface area (TPSA) is 41.9 Å². The number of alkyl halides is 3. The van der Waals surface area contributed by atoms with E-state index in [1.807, 2.05) is 30.3 Å². The molecule has 0 spiro atoms. The molecule has 1 aliphatic rings. The Balaban J connectivity index is 1.49. The van der Waals surface area contributed by atoms with Crippen molar-refractivity contribution < 1.29 is 22.7 Å². The molecule has 7 heteroatoms. The zero-order valence-corrected chi connectivity index (χ0v) is 17.1. The molecule has 0 unspecified atom stereocenters. The molecule has 3 aromatic rings. The normalized spacial score (nSPS) is 15.2. The maximum Gasteiger partial charge on any atom is 0.416 e. The monoisotopic (exact) mass is 436 g/mol. The molecule has 32 heavy (non-hydrogen) atoms. The van der Waals surface area contributed by atoms with Gasteiger partial charge in [-0.05, 0) is 54.5 Å². The van der Waals surface area contributed by atoms with Crippen LogP contribution in [0.2, 0.25) is 0 Å². The van der Waals surface area contributed by atoms with Crippen LogP contribution in [0.1, 0.15) is 23.6 Å². The summed E-state index contributed by atoms with van der Waals surface area (Å²) in [6.45, 7) is 2.09. The molecular weight excluding hydrogens is 417 g/mol. The first-order valence-corrected chi connectivity index (χ1v) is 9.87. The molecule has 4 rings (SSSR count). The zero-order valence-electron chi connectivity index (χ0n) is 17.1. The van der Waals surface area contributed by atoms with Crippen LogP contribution in [0, 0.1) is 0 Å². The SMILES string of the molecule is CC1=NN(c2cccc(C(F)(F)F)c2)C(=O)/C1=C\c1ccc(OCc2ccccc2)cc1. The molecule has 0 fully saturated rings. The number of hydrogen-bond donors (Lipinski definition) is 0. The molecule has 1 aliphatic heterocycles. The number of benzene rings is 3. The average molecular weight is 436 g/mol. The average Bonchev–Trinajstić information content (AvgIpc) is 3.07. The van der Waals surface area contributed by atoms with Crippen molar-refractivity contribution in [2.45, 2.75) is 19.7 Å². The van der Waals surface area contributed by atoms with Crippen molar-refractivity contribution in [1.82, 2.24) is 0 Å². The predicted octanol–water partition coefficient (Wildman–Crippen LogP) is 6.09. The number of carbonyl (C=O) groups excluding carboxylic acids is 1. The third-order valence-corrected chi connectivity index (χ3v) is 4.92. The Labute approximate surface area is 183 Å². The van der Waals surface area contributed by atoms with Gasteiger partial charge in [0.2, 0.25) is 0 Å². The Bertz CT molecular complexity index is 1180.